The fraction of sp³-hybridized carbons (Fsp3) is 0.667. The molecular formula is C18H28INO. The molecule has 3 heteroatoms. The summed E-state index contributed by atoms with van der Waals surface area (Å²) in [7, 11) is 0. The van der Waals surface area contributed by atoms with Crippen LogP contribution in [0.15, 0.2) is 18.2 Å². The lowest BCUT2D eigenvalue weighted by Gasteiger charge is -2.22. The van der Waals surface area contributed by atoms with Crippen molar-refractivity contribution in [2.45, 2.75) is 64.5 Å². The van der Waals surface area contributed by atoms with Crippen molar-refractivity contribution >= 4 is 22.6 Å². The Hall–Kier alpha value is -0.130. The zero-order valence-electron chi connectivity index (χ0n) is 13.3. The fourth-order valence-corrected chi connectivity index (χ4v) is 3.78. The van der Waals surface area contributed by atoms with Crippen LogP contribution in [0.2, 0.25) is 0 Å². The van der Waals surface area contributed by atoms with Gasteiger partial charge in [-0.05, 0) is 85.7 Å². The highest BCUT2D eigenvalue weighted by molar-refractivity contribution is 14.1. The Bertz CT molecular complexity index is 429. The molecule has 0 spiro atoms. The molecule has 21 heavy (non-hydrogen) atoms. The Labute approximate surface area is 143 Å². The van der Waals surface area contributed by atoms with Crippen LogP contribution < -0.4 is 5.32 Å². The van der Waals surface area contributed by atoms with Crippen LogP contribution in [0.4, 0.5) is 0 Å². The molecule has 2 nitrogen and oxygen atoms in total. The van der Waals surface area contributed by atoms with Crippen molar-refractivity contribution in [1.82, 2.24) is 5.32 Å². The number of aryl methyl sites for hydroxylation is 1. The minimum absolute atomic E-state index is 0.484. The Morgan fingerprint density at radius 2 is 2.29 bits per heavy atom. The first-order chi connectivity index (χ1) is 10.2. The van der Waals surface area contributed by atoms with Gasteiger partial charge >= 0.3 is 0 Å². The third-order valence-electron chi connectivity index (χ3n) is 4.28. The molecule has 0 bridgehead atoms. The number of nitrogens with one attached hydrogen (secondary N) is 1. The highest BCUT2D eigenvalue weighted by Gasteiger charge is 2.18. The first-order valence-electron chi connectivity index (χ1n) is 8.32. The van der Waals surface area contributed by atoms with Crippen LogP contribution in [0.25, 0.3) is 0 Å². The van der Waals surface area contributed by atoms with Crippen molar-refractivity contribution < 1.29 is 4.74 Å². The summed E-state index contributed by atoms with van der Waals surface area (Å²) in [4.78, 5) is 0. The van der Waals surface area contributed by atoms with E-state index < -0.39 is 0 Å². The molecule has 0 aromatic heterocycles. The number of hydrogen-bond acceptors (Lipinski definition) is 2. The number of benzene rings is 1. The van der Waals surface area contributed by atoms with Crippen LogP contribution >= 0.6 is 22.6 Å². The molecule has 1 aromatic carbocycles. The maximum atomic E-state index is 5.74. The van der Waals surface area contributed by atoms with Crippen LogP contribution in [0.1, 0.15) is 62.6 Å². The van der Waals surface area contributed by atoms with Gasteiger partial charge in [0.25, 0.3) is 0 Å². The molecule has 1 fully saturated rings. The lowest BCUT2D eigenvalue weighted by Crippen LogP contribution is -2.23. The summed E-state index contributed by atoms with van der Waals surface area (Å²) in [6.07, 6.45) is 7.88. The van der Waals surface area contributed by atoms with E-state index in [2.05, 4.69) is 60.0 Å². The van der Waals surface area contributed by atoms with Gasteiger partial charge in [0.05, 0.1) is 6.10 Å². The Morgan fingerprint density at radius 3 is 3.00 bits per heavy atom. The molecule has 0 radical (unpaired) electrons. The highest BCUT2D eigenvalue weighted by Crippen LogP contribution is 2.28. The molecule has 1 aliphatic rings. The van der Waals surface area contributed by atoms with Crippen molar-refractivity contribution in [2.24, 2.45) is 0 Å². The van der Waals surface area contributed by atoms with Crippen LogP contribution in [0, 0.1) is 10.5 Å². The standard InChI is InChI=1S/C18H28INO/c1-3-12-20-17(11-5-8-15-9-6-13-21-15)16-10-4-7-14(2)18(16)19/h4,7,10,15,17,20H,3,5-6,8-9,11-13H2,1-2H3. The van der Waals surface area contributed by atoms with Gasteiger partial charge in [-0.25, -0.2) is 0 Å². The van der Waals surface area contributed by atoms with E-state index in [0.717, 1.165) is 13.2 Å². The van der Waals surface area contributed by atoms with Gasteiger partial charge in [-0.15, -0.1) is 0 Å². The van der Waals surface area contributed by atoms with E-state index in [0.29, 0.717) is 12.1 Å². The molecule has 1 saturated heterocycles. The topological polar surface area (TPSA) is 21.3 Å². The average Bonchev–Trinajstić information content (AvgIpc) is 2.99. The van der Waals surface area contributed by atoms with Gasteiger partial charge in [0, 0.05) is 16.2 Å². The molecule has 1 heterocycles. The third kappa shape index (κ3) is 5.22. The molecule has 1 N–H and O–H groups in total. The largest absolute Gasteiger partial charge is 0.378 e. The van der Waals surface area contributed by atoms with E-state index >= 15 is 0 Å². The van der Waals surface area contributed by atoms with Crippen molar-refractivity contribution in [2.75, 3.05) is 13.2 Å². The summed E-state index contributed by atoms with van der Waals surface area (Å²) in [6.45, 7) is 6.50. The van der Waals surface area contributed by atoms with E-state index in [1.54, 1.807) is 0 Å². The van der Waals surface area contributed by atoms with Crippen molar-refractivity contribution in [3.05, 3.63) is 32.9 Å². The van der Waals surface area contributed by atoms with Crippen LogP contribution in [-0.4, -0.2) is 19.3 Å². The molecule has 0 saturated carbocycles. The summed E-state index contributed by atoms with van der Waals surface area (Å²) < 4.78 is 7.16. The van der Waals surface area contributed by atoms with Gasteiger partial charge in [0.2, 0.25) is 0 Å². The molecule has 118 valence electrons. The van der Waals surface area contributed by atoms with E-state index in [-0.39, 0.29) is 0 Å². The van der Waals surface area contributed by atoms with E-state index in [1.165, 1.54) is 53.2 Å². The predicted octanol–water partition coefficient (Wildman–Crippen LogP) is 4.99. The first-order valence-corrected chi connectivity index (χ1v) is 9.40. The van der Waals surface area contributed by atoms with Gasteiger partial charge in [-0.2, -0.15) is 0 Å². The fourth-order valence-electron chi connectivity index (χ4n) is 3.05. The minimum Gasteiger partial charge on any atom is -0.378 e. The highest BCUT2D eigenvalue weighted by atomic mass is 127. The minimum atomic E-state index is 0.484. The molecule has 2 rings (SSSR count). The average molecular weight is 401 g/mol. The van der Waals surface area contributed by atoms with Crippen LogP contribution in [-0.2, 0) is 4.74 Å². The molecule has 2 unspecified atom stereocenters. The molecule has 2 atom stereocenters. The molecule has 0 amide bonds. The second-order valence-electron chi connectivity index (χ2n) is 6.05. The maximum absolute atomic E-state index is 5.74. The number of hydrogen-bond donors (Lipinski definition) is 1. The third-order valence-corrected chi connectivity index (χ3v) is 5.75. The second-order valence-corrected chi connectivity index (χ2v) is 7.13. The van der Waals surface area contributed by atoms with Gasteiger partial charge in [0.1, 0.15) is 0 Å². The van der Waals surface area contributed by atoms with E-state index in [9.17, 15) is 0 Å². The van der Waals surface area contributed by atoms with Crippen molar-refractivity contribution in [3.63, 3.8) is 0 Å². The zero-order valence-corrected chi connectivity index (χ0v) is 15.5. The lowest BCUT2D eigenvalue weighted by atomic mass is 9.98. The second kappa shape index (κ2) is 9.11. The Morgan fingerprint density at radius 1 is 1.43 bits per heavy atom. The monoisotopic (exact) mass is 401 g/mol. The van der Waals surface area contributed by atoms with Crippen molar-refractivity contribution in [3.8, 4) is 0 Å². The van der Waals surface area contributed by atoms with Gasteiger partial charge in [0.15, 0.2) is 0 Å². The molecule has 1 aromatic rings. The van der Waals surface area contributed by atoms with Gasteiger partial charge < -0.3 is 10.1 Å². The smallest absolute Gasteiger partial charge is 0.0576 e. The summed E-state index contributed by atoms with van der Waals surface area (Å²) in [6, 6.07) is 7.16. The van der Waals surface area contributed by atoms with Crippen LogP contribution in [0.3, 0.4) is 0 Å². The van der Waals surface area contributed by atoms with E-state index in [4.69, 9.17) is 4.74 Å². The molecule has 0 aliphatic carbocycles. The van der Waals surface area contributed by atoms with Crippen molar-refractivity contribution in [1.29, 1.82) is 0 Å². The quantitative estimate of drug-likeness (QED) is 0.620. The number of ether oxygens (including phenoxy) is 1. The zero-order chi connectivity index (χ0) is 15.1. The van der Waals surface area contributed by atoms with Gasteiger partial charge in [-0.1, -0.05) is 25.1 Å². The van der Waals surface area contributed by atoms with Gasteiger partial charge in [-0.3, -0.25) is 0 Å². The summed E-state index contributed by atoms with van der Waals surface area (Å²) >= 11 is 2.50. The maximum Gasteiger partial charge on any atom is 0.0576 e. The number of halogens is 1. The lowest BCUT2D eigenvalue weighted by molar-refractivity contribution is 0.101. The Balaban J connectivity index is 1.94. The van der Waals surface area contributed by atoms with E-state index in [1.807, 2.05) is 0 Å². The summed E-state index contributed by atoms with van der Waals surface area (Å²) in [5, 5.41) is 3.73. The SMILES string of the molecule is CCCNC(CCCC1CCCO1)c1cccc(C)c1I. The summed E-state index contributed by atoms with van der Waals surface area (Å²) in [5.41, 5.74) is 2.85. The normalized spacial score (nSPS) is 19.9. The van der Waals surface area contributed by atoms with Crippen LogP contribution in [0.5, 0.6) is 0 Å². The first kappa shape index (κ1) is 17.2. The molecule has 1 aliphatic heterocycles. The number of rotatable bonds is 8. The predicted molar refractivity (Wildman–Crippen MR) is 97.8 cm³/mol. The Kier molecular flexibility index (Phi) is 7.47. The molecular weight excluding hydrogens is 373 g/mol. The summed E-state index contributed by atoms with van der Waals surface area (Å²) in [5.74, 6) is 0.